The van der Waals surface area contributed by atoms with Crippen LogP contribution in [0.3, 0.4) is 0 Å². The monoisotopic (exact) mass is 947 g/mol. The van der Waals surface area contributed by atoms with Crippen molar-refractivity contribution in [3.63, 3.8) is 0 Å². The van der Waals surface area contributed by atoms with Gasteiger partial charge in [0.05, 0.1) is 19.8 Å². The van der Waals surface area contributed by atoms with Crippen molar-refractivity contribution in [2.45, 2.75) is 145 Å². The number of carbonyl (C=O) groups excluding carboxylic acids is 6. The van der Waals surface area contributed by atoms with Crippen molar-refractivity contribution in [2.75, 3.05) is 46.2 Å². The molecule has 376 valence electrons. The van der Waals surface area contributed by atoms with Crippen LogP contribution >= 0.6 is 0 Å². The molecule has 68 heavy (non-hydrogen) atoms. The summed E-state index contributed by atoms with van der Waals surface area (Å²) in [7, 11) is 0. The predicted molar refractivity (Wildman–Crippen MR) is 261 cm³/mol. The van der Waals surface area contributed by atoms with Crippen LogP contribution in [0, 0.1) is 23.2 Å². The van der Waals surface area contributed by atoms with Gasteiger partial charge in [0.1, 0.15) is 37.6 Å². The molecular weight excluding hydrogens is 869 g/mol. The molecule has 1 saturated carbocycles. The highest BCUT2D eigenvalue weighted by Crippen LogP contribution is 2.40. The molecule has 1 fully saturated rings. The van der Waals surface area contributed by atoms with E-state index >= 15 is 0 Å². The van der Waals surface area contributed by atoms with Crippen LogP contribution in [-0.4, -0.2) is 82.1 Å². The Morgan fingerprint density at radius 3 is 1.74 bits per heavy atom. The standard InChI is InChI=1S/C55H78O13/c1-11-15-16-17-18-20-41-22-24-43(25-23-41)44-26-28-47(42(12-2)31-44)45-27-29-48(46(32-45)21-19-30-64-49(56)37(5)6)65-33-55(34-66-50(57)38(7)8,35-67-53(60)39(9)51(58)62-13-3)36-68-54(61)40(10)52(59)63-14-4/h26-29,31-32,39-41,43H,5,7,11-25,30,33-36H2,1-4,6,8-10H3. The molecule has 0 aliphatic heterocycles. The lowest BCUT2D eigenvalue weighted by atomic mass is 9.76. The van der Waals surface area contributed by atoms with Crippen molar-refractivity contribution < 1.29 is 61.9 Å². The average Bonchev–Trinajstić information content (AvgIpc) is 3.33. The van der Waals surface area contributed by atoms with Crippen molar-refractivity contribution in [3.05, 3.63) is 77.4 Å². The Morgan fingerprint density at radius 1 is 0.618 bits per heavy atom. The summed E-state index contributed by atoms with van der Waals surface area (Å²) in [4.78, 5) is 76.5. The van der Waals surface area contributed by atoms with Gasteiger partial charge in [-0.1, -0.05) is 89.8 Å². The Kier molecular flexibility index (Phi) is 24.6. The second kappa shape index (κ2) is 29.4. The van der Waals surface area contributed by atoms with Crippen molar-refractivity contribution in [1.29, 1.82) is 0 Å². The molecule has 2 aromatic rings. The zero-order valence-electron chi connectivity index (χ0n) is 42.1. The van der Waals surface area contributed by atoms with Gasteiger partial charge < -0.3 is 33.2 Å². The van der Waals surface area contributed by atoms with Gasteiger partial charge in [0.2, 0.25) is 0 Å². The van der Waals surface area contributed by atoms with Crippen LogP contribution in [0.1, 0.15) is 149 Å². The molecule has 2 unspecified atom stereocenters. The van der Waals surface area contributed by atoms with E-state index in [1.807, 2.05) is 18.2 Å². The van der Waals surface area contributed by atoms with Crippen LogP contribution in [0.15, 0.2) is 60.7 Å². The summed E-state index contributed by atoms with van der Waals surface area (Å²) in [5, 5.41) is 0. The van der Waals surface area contributed by atoms with Gasteiger partial charge in [-0.3, -0.25) is 19.2 Å². The van der Waals surface area contributed by atoms with E-state index < -0.39 is 72.9 Å². The largest absolute Gasteiger partial charge is 0.492 e. The zero-order valence-corrected chi connectivity index (χ0v) is 42.1. The first-order valence-electron chi connectivity index (χ1n) is 24.7. The van der Waals surface area contributed by atoms with E-state index in [1.165, 1.54) is 96.1 Å². The van der Waals surface area contributed by atoms with Gasteiger partial charge in [-0.05, 0) is 138 Å². The van der Waals surface area contributed by atoms with Gasteiger partial charge >= 0.3 is 35.8 Å². The minimum Gasteiger partial charge on any atom is -0.492 e. The number of hydrogen-bond donors (Lipinski definition) is 0. The molecule has 2 aromatic carbocycles. The lowest BCUT2D eigenvalue weighted by Gasteiger charge is -2.33. The third-order valence-corrected chi connectivity index (χ3v) is 12.5. The summed E-state index contributed by atoms with van der Waals surface area (Å²) in [6.07, 6.45) is 14.6. The summed E-state index contributed by atoms with van der Waals surface area (Å²) >= 11 is 0. The molecule has 0 amide bonds. The number of ether oxygens (including phenoxy) is 7. The Hall–Kier alpha value is -5.46. The normalized spacial score (nSPS) is 16.2. The topological polar surface area (TPSA) is 167 Å². The van der Waals surface area contributed by atoms with Crippen LogP contribution < -0.4 is 4.74 Å². The SMILES string of the molecule is C=C(C)C(=O)OCCCc1cc(-c2ccc(C3CCC(CCCCCCC)CC3)cc2CC)ccc1OCC(COC(=O)C(=C)C)(COC(=O)C(C)C(=O)OCC)COC(=O)C(C)C(=O)OCC. The Balaban J connectivity index is 2.01. The van der Waals surface area contributed by atoms with Gasteiger partial charge in [-0.2, -0.15) is 0 Å². The molecule has 0 saturated heterocycles. The highest BCUT2D eigenvalue weighted by Gasteiger charge is 2.40. The van der Waals surface area contributed by atoms with E-state index in [4.69, 9.17) is 33.2 Å². The van der Waals surface area contributed by atoms with Crippen LogP contribution in [0.5, 0.6) is 5.75 Å². The minimum atomic E-state index is -1.58. The number of aryl methyl sites for hydroxylation is 2. The third-order valence-electron chi connectivity index (χ3n) is 12.5. The van der Waals surface area contributed by atoms with Crippen molar-refractivity contribution >= 4 is 35.8 Å². The lowest BCUT2D eigenvalue weighted by Crippen LogP contribution is -2.45. The Morgan fingerprint density at radius 2 is 1.18 bits per heavy atom. The number of carbonyl (C=O) groups is 6. The molecule has 3 rings (SSSR count). The molecule has 1 aliphatic rings. The summed E-state index contributed by atoms with van der Waals surface area (Å²) in [6.45, 7) is 19.0. The van der Waals surface area contributed by atoms with Gasteiger partial charge in [0.25, 0.3) is 0 Å². The first-order valence-corrected chi connectivity index (χ1v) is 24.7. The third kappa shape index (κ3) is 18.2. The van der Waals surface area contributed by atoms with E-state index in [0.29, 0.717) is 24.5 Å². The summed E-state index contributed by atoms with van der Waals surface area (Å²) in [5.74, 6) is -5.54. The summed E-state index contributed by atoms with van der Waals surface area (Å²) < 4.78 is 39.0. The second-order valence-electron chi connectivity index (χ2n) is 18.3. The predicted octanol–water partition coefficient (Wildman–Crippen LogP) is 10.6. The van der Waals surface area contributed by atoms with E-state index in [-0.39, 0.29) is 37.6 Å². The second-order valence-corrected chi connectivity index (χ2v) is 18.3. The lowest BCUT2D eigenvalue weighted by molar-refractivity contribution is -0.171. The van der Waals surface area contributed by atoms with Gasteiger partial charge in [-0.15, -0.1) is 0 Å². The molecule has 13 nitrogen and oxygen atoms in total. The van der Waals surface area contributed by atoms with Gasteiger partial charge in [0.15, 0.2) is 11.8 Å². The maximum absolute atomic E-state index is 13.2. The van der Waals surface area contributed by atoms with Crippen molar-refractivity contribution in [2.24, 2.45) is 23.2 Å². The molecule has 0 radical (unpaired) electrons. The molecule has 0 N–H and O–H groups in total. The number of rotatable bonds is 30. The summed E-state index contributed by atoms with van der Waals surface area (Å²) in [5.41, 5.74) is 4.22. The van der Waals surface area contributed by atoms with Crippen LogP contribution in [0.4, 0.5) is 0 Å². The van der Waals surface area contributed by atoms with Gasteiger partial charge in [-0.25, -0.2) is 9.59 Å². The molecule has 1 aliphatic carbocycles. The first kappa shape index (κ1) is 56.9. The van der Waals surface area contributed by atoms with Crippen LogP contribution in [0.2, 0.25) is 0 Å². The van der Waals surface area contributed by atoms with Gasteiger partial charge in [0, 0.05) is 11.1 Å². The Labute approximate surface area is 405 Å². The maximum Gasteiger partial charge on any atom is 0.333 e. The highest BCUT2D eigenvalue weighted by molar-refractivity contribution is 5.95. The molecule has 0 aromatic heterocycles. The van der Waals surface area contributed by atoms with Crippen molar-refractivity contribution in [3.8, 4) is 16.9 Å². The number of esters is 6. The molecular formula is C55H78O13. The number of benzene rings is 2. The molecule has 2 atom stereocenters. The van der Waals surface area contributed by atoms with Crippen LogP contribution in [0.25, 0.3) is 11.1 Å². The maximum atomic E-state index is 13.2. The van der Waals surface area contributed by atoms with E-state index in [0.717, 1.165) is 29.0 Å². The molecule has 0 bridgehead atoms. The molecule has 13 heteroatoms. The fourth-order valence-electron chi connectivity index (χ4n) is 8.14. The first-order chi connectivity index (χ1) is 32.5. The van der Waals surface area contributed by atoms with Crippen LogP contribution in [-0.2, 0) is 70.0 Å². The number of hydrogen-bond acceptors (Lipinski definition) is 13. The number of unbranched alkanes of at least 4 members (excludes halogenated alkanes) is 4. The smallest absolute Gasteiger partial charge is 0.333 e. The highest BCUT2D eigenvalue weighted by atomic mass is 16.6. The van der Waals surface area contributed by atoms with E-state index in [2.05, 4.69) is 45.2 Å². The summed E-state index contributed by atoms with van der Waals surface area (Å²) in [6, 6.07) is 12.7. The average molecular weight is 947 g/mol. The fraction of sp³-hybridized carbons (Fsp3) is 0.600. The minimum absolute atomic E-state index is 0.0441. The van der Waals surface area contributed by atoms with E-state index in [9.17, 15) is 28.8 Å². The van der Waals surface area contributed by atoms with E-state index in [1.54, 1.807) is 20.8 Å². The quantitative estimate of drug-likeness (QED) is 0.0239. The molecule has 0 spiro atoms. The molecule has 0 heterocycles. The Bertz CT molecular complexity index is 1970. The zero-order chi connectivity index (χ0) is 50.2. The van der Waals surface area contributed by atoms with Crippen molar-refractivity contribution in [1.82, 2.24) is 0 Å². The fourth-order valence-corrected chi connectivity index (χ4v) is 8.14.